The second-order valence-electron chi connectivity index (χ2n) is 3.96. The van der Waals surface area contributed by atoms with Gasteiger partial charge in [0.05, 0.1) is 4.90 Å². The van der Waals surface area contributed by atoms with Gasteiger partial charge in [0.2, 0.25) is 10.0 Å². The number of rotatable bonds is 6. The van der Waals surface area contributed by atoms with E-state index in [1.54, 1.807) is 6.92 Å². The maximum absolute atomic E-state index is 13.1. The zero-order chi connectivity index (χ0) is 13.8. The van der Waals surface area contributed by atoms with Crippen molar-refractivity contribution in [2.75, 3.05) is 6.61 Å². The van der Waals surface area contributed by atoms with Gasteiger partial charge in [0.15, 0.2) is 0 Å². The average Bonchev–Trinajstić information content (AvgIpc) is 2.29. The molecular weight excluding hydrogens is 325 g/mol. The Labute approximate surface area is 114 Å². The van der Waals surface area contributed by atoms with E-state index < -0.39 is 15.8 Å². The normalized spacial score (nSPS) is 13.6. The standard InChI is InChI=1S/C11H15BrFNO3S/c1-8(3-2-6-15)14-18(16,17)11-7-9(13)4-5-10(11)12/h4-5,7-8,14-15H,2-3,6H2,1H3/t8-/m1/s1. The molecule has 2 N–H and O–H groups in total. The first-order valence-corrected chi connectivity index (χ1v) is 7.72. The van der Waals surface area contributed by atoms with Gasteiger partial charge in [-0.3, -0.25) is 0 Å². The lowest BCUT2D eigenvalue weighted by atomic mass is 10.2. The van der Waals surface area contributed by atoms with E-state index in [9.17, 15) is 12.8 Å². The second kappa shape index (κ2) is 6.60. The number of sulfonamides is 1. The first kappa shape index (κ1) is 15.6. The molecule has 1 atom stereocenters. The molecule has 7 heteroatoms. The van der Waals surface area contributed by atoms with Gasteiger partial charge in [0.25, 0.3) is 0 Å². The van der Waals surface area contributed by atoms with Crippen molar-refractivity contribution in [3.05, 3.63) is 28.5 Å². The highest BCUT2D eigenvalue weighted by atomic mass is 79.9. The predicted octanol–water partition coefficient (Wildman–Crippen LogP) is 2.03. The fraction of sp³-hybridized carbons (Fsp3) is 0.455. The zero-order valence-electron chi connectivity index (χ0n) is 9.86. The Morgan fingerprint density at radius 3 is 2.78 bits per heavy atom. The molecule has 4 nitrogen and oxygen atoms in total. The molecule has 102 valence electrons. The van der Waals surface area contributed by atoms with Crippen LogP contribution in [0, 0.1) is 5.82 Å². The number of halogens is 2. The fourth-order valence-electron chi connectivity index (χ4n) is 1.47. The summed E-state index contributed by atoms with van der Waals surface area (Å²) < 4.78 is 39.8. The van der Waals surface area contributed by atoms with Gasteiger partial charge < -0.3 is 5.11 Å². The third kappa shape index (κ3) is 4.31. The van der Waals surface area contributed by atoms with Crippen molar-refractivity contribution in [3.8, 4) is 0 Å². The topological polar surface area (TPSA) is 66.4 Å². The zero-order valence-corrected chi connectivity index (χ0v) is 12.3. The summed E-state index contributed by atoms with van der Waals surface area (Å²) >= 11 is 3.08. The maximum Gasteiger partial charge on any atom is 0.242 e. The second-order valence-corrected chi connectivity index (χ2v) is 6.50. The minimum absolute atomic E-state index is 0.00965. The fourth-order valence-corrected chi connectivity index (χ4v) is 3.72. The highest BCUT2D eigenvalue weighted by Crippen LogP contribution is 2.23. The van der Waals surface area contributed by atoms with E-state index >= 15 is 0 Å². The summed E-state index contributed by atoms with van der Waals surface area (Å²) in [5.41, 5.74) is 0. The van der Waals surface area contributed by atoms with Crippen LogP contribution in [0.2, 0.25) is 0 Å². The van der Waals surface area contributed by atoms with Crippen LogP contribution in [0.25, 0.3) is 0 Å². The van der Waals surface area contributed by atoms with Gasteiger partial charge >= 0.3 is 0 Å². The Bertz CT molecular complexity index is 507. The summed E-state index contributed by atoms with van der Waals surface area (Å²) in [7, 11) is -3.76. The summed E-state index contributed by atoms with van der Waals surface area (Å²) in [6, 6.07) is 3.17. The van der Waals surface area contributed by atoms with Gasteiger partial charge in [0, 0.05) is 17.1 Å². The molecular formula is C11H15BrFNO3S. The van der Waals surface area contributed by atoms with Crippen LogP contribution in [0.3, 0.4) is 0 Å². The quantitative estimate of drug-likeness (QED) is 0.833. The van der Waals surface area contributed by atoms with Crippen LogP contribution in [-0.2, 0) is 10.0 Å². The van der Waals surface area contributed by atoms with Gasteiger partial charge in [0.1, 0.15) is 5.82 Å². The van der Waals surface area contributed by atoms with Crippen LogP contribution in [0.4, 0.5) is 4.39 Å². The largest absolute Gasteiger partial charge is 0.396 e. The van der Waals surface area contributed by atoms with E-state index in [2.05, 4.69) is 20.7 Å². The smallest absolute Gasteiger partial charge is 0.242 e. The van der Waals surface area contributed by atoms with E-state index in [1.165, 1.54) is 12.1 Å². The monoisotopic (exact) mass is 339 g/mol. The van der Waals surface area contributed by atoms with Crippen LogP contribution in [0.1, 0.15) is 19.8 Å². The van der Waals surface area contributed by atoms with Crippen molar-refractivity contribution >= 4 is 26.0 Å². The minimum Gasteiger partial charge on any atom is -0.396 e. The molecule has 1 rings (SSSR count). The molecule has 0 spiro atoms. The van der Waals surface area contributed by atoms with E-state index in [-0.39, 0.29) is 17.5 Å². The molecule has 1 aromatic carbocycles. The van der Waals surface area contributed by atoms with Crippen LogP contribution in [0.5, 0.6) is 0 Å². The molecule has 18 heavy (non-hydrogen) atoms. The molecule has 0 aliphatic carbocycles. The molecule has 0 fully saturated rings. The summed E-state index contributed by atoms with van der Waals surface area (Å²) in [5, 5.41) is 8.68. The van der Waals surface area contributed by atoms with E-state index in [4.69, 9.17) is 5.11 Å². The maximum atomic E-state index is 13.1. The van der Waals surface area contributed by atoms with Gasteiger partial charge in [-0.25, -0.2) is 17.5 Å². The van der Waals surface area contributed by atoms with Gasteiger partial charge in [-0.2, -0.15) is 0 Å². The predicted molar refractivity (Wildman–Crippen MR) is 70.2 cm³/mol. The van der Waals surface area contributed by atoms with Gasteiger partial charge in [-0.05, 0) is 53.9 Å². The summed E-state index contributed by atoms with van der Waals surface area (Å²) in [5.74, 6) is -0.610. The summed E-state index contributed by atoms with van der Waals surface area (Å²) in [6.07, 6.45) is 1.02. The molecule has 0 saturated heterocycles. The highest BCUT2D eigenvalue weighted by molar-refractivity contribution is 9.10. The lowest BCUT2D eigenvalue weighted by molar-refractivity contribution is 0.279. The summed E-state index contributed by atoms with van der Waals surface area (Å²) in [4.78, 5) is -0.127. The number of aliphatic hydroxyl groups is 1. The Morgan fingerprint density at radius 1 is 1.50 bits per heavy atom. The third-order valence-corrected chi connectivity index (χ3v) is 4.92. The first-order chi connectivity index (χ1) is 8.36. The Balaban J connectivity index is 2.89. The van der Waals surface area contributed by atoms with Gasteiger partial charge in [-0.15, -0.1) is 0 Å². The van der Waals surface area contributed by atoms with Crippen molar-refractivity contribution in [1.82, 2.24) is 4.72 Å². The number of benzene rings is 1. The minimum atomic E-state index is -3.76. The van der Waals surface area contributed by atoms with Gasteiger partial charge in [-0.1, -0.05) is 0 Å². The number of hydrogen-bond donors (Lipinski definition) is 2. The molecule has 1 aromatic rings. The van der Waals surface area contributed by atoms with Crippen molar-refractivity contribution in [2.24, 2.45) is 0 Å². The third-order valence-electron chi connectivity index (χ3n) is 2.33. The highest BCUT2D eigenvalue weighted by Gasteiger charge is 2.20. The summed E-state index contributed by atoms with van der Waals surface area (Å²) in [6.45, 7) is 1.70. The van der Waals surface area contributed by atoms with E-state index in [0.29, 0.717) is 17.3 Å². The van der Waals surface area contributed by atoms with Crippen LogP contribution in [-0.4, -0.2) is 26.2 Å². The van der Waals surface area contributed by atoms with Crippen molar-refractivity contribution in [1.29, 1.82) is 0 Å². The van der Waals surface area contributed by atoms with E-state index in [1.807, 2.05) is 0 Å². The van der Waals surface area contributed by atoms with Crippen LogP contribution >= 0.6 is 15.9 Å². The molecule has 0 aliphatic heterocycles. The lowest BCUT2D eigenvalue weighted by Crippen LogP contribution is -2.33. The van der Waals surface area contributed by atoms with Crippen molar-refractivity contribution in [2.45, 2.75) is 30.7 Å². The molecule has 0 aromatic heterocycles. The lowest BCUT2D eigenvalue weighted by Gasteiger charge is -2.14. The molecule has 0 unspecified atom stereocenters. The molecule has 0 saturated carbocycles. The average molecular weight is 340 g/mol. The number of aliphatic hydroxyl groups excluding tert-OH is 1. The molecule has 0 radical (unpaired) electrons. The molecule has 0 amide bonds. The SMILES string of the molecule is C[C@H](CCCO)NS(=O)(=O)c1cc(F)ccc1Br. The number of nitrogens with one attached hydrogen (secondary N) is 1. The Hall–Kier alpha value is -0.500. The van der Waals surface area contributed by atoms with Crippen molar-refractivity contribution in [3.63, 3.8) is 0 Å². The van der Waals surface area contributed by atoms with E-state index in [0.717, 1.165) is 6.07 Å². The Morgan fingerprint density at radius 2 is 2.17 bits per heavy atom. The molecule has 0 aliphatic rings. The number of hydrogen-bond acceptors (Lipinski definition) is 3. The van der Waals surface area contributed by atoms with Crippen LogP contribution < -0.4 is 4.72 Å². The van der Waals surface area contributed by atoms with Crippen molar-refractivity contribution < 1.29 is 17.9 Å². The van der Waals surface area contributed by atoms with Crippen LogP contribution in [0.15, 0.2) is 27.6 Å². The first-order valence-electron chi connectivity index (χ1n) is 5.45. The molecule has 0 bridgehead atoms. The Kier molecular flexibility index (Phi) is 5.71. The molecule has 0 heterocycles.